The molecule has 0 saturated heterocycles. The van der Waals surface area contributed by atoms with Gasteiger partial charge < -0.3 is 10.8 Å². The number of hydrogen-bond acceptors (Lipinski definition) is 4. The number of aliphatic carboxylic acids is 1. The van der Waals surface area contributed by atoms with Gasteiger partial charge in [-0.25, -0.2) is 4.79 Å². The van der Waals surface area contributed by atoms with Crippen molar-refractivity contribution in [1.29, 1.82) is 0 Å². The topological polar surface area (TPSA) is 75.7 Å². The highest BCUT2D eigenvalue weighted by Gasteiger charge is 2.22. The molecule has 0 unspecified atom stereocenters. The van der Waals surface area contributed by atoms with Crippen LogP contribution in [-0.2, 0) is 4.79 Å². The third-order valence-corrected chi connectivity index (χ3v) is 3.33. The summed E-state index contributed by atoms with van der Waals surface area (Å²) in [6, 6.07) is 6.85. The van der Waals surface area contributed by atoms with Crippen molar-refractivity contribution >= 4 is 34.5 Å². The van der Waals surface area contributed by atoms with Crippen LogP contribution in [0, 0.1) is 0 Å². The van der Waals surface area contributed by atoms with Crippen LogP contribution in [0.4, 0.5) is 5.69 Å². The quantitative estimate of drug-likeness (QED) is 0.801. The summed E-state index contributed by atoms with van der Waals surface area (Å²) >= 11 is 1.46. The number of nitrogens with two attached hydrogens (primary N) is 1. The number of benzene rings is 1. The summed E-state index contributed by atoms with van der Waals surface area (Å²) in [6.07, 6.45) is 3.73. The normalized spacial score (nSPS) is 19.5. The van der Waals surface area contributed by atoms with Crippen LogP contribution >= 0.6 is 11.8 Å². The van der Waals surface area contributed by atoms with E-state index in [0.29, 0.717) is 5.75 Å². The van der Waals surface area contributed by atoms with E-state index in [-0.39, 0.29) is 0 Å². The van der Waals surface area contributed by atoms with E-state index in [1.54, 1.807) is 0 Å². The molecule has 88 valence electrons. The predicted octanol–water partition coefficient (Wildman–Crippen LogP) is 1.88. The number of nitrogen functional groups attached to an aromatic ring is 1. The molecule has 1 aromatic rings. The summed E-state index contributed by atoms with van der Waals surface area (Å²) in [4.78, 5) is 14.8. The van der Waals surface area contributed by atoms with Crippen LogP contribution in [0.3, 0.4) is 0 Å². The molecular weight excluding hydrogens is 236 g/mol. The van der Waals surface area contributed by atoms with Crippen LogP contribution < -0.4 is 5.73 Å². The van der Waals surface area contributed by atoms with E-state index < -0.39 is 12.0 Å². The largest absolute Gasteiger partial charge is 0.480 e. The van der Waals surface area contributed by atoms with Gasteiger partial charge in [0.15, 0.2) is 6.04 Å². The number of hydrogen-bond donors (Lipinski definition) is 2. The molecule has 2 rings (SSSR count). The lowest BCUT2D eigenvalue weighted by atomic mass is 10.2. The van der Waals surface area contributed by atoms with Crippen LogP contribution in [0.2, 0.25) is 0 Å². The average Bonchev–Trinajstić information content (AvgIpc) is 2.77. The van der Waals surface area contributed by atoms with Crippen molar-refractivity contribution < 1.29 is 9.90 Å². The Hall–Kier alpha value is -1.75. The maximum atomic E-state index is 10.7. The number of carbonyl (C=O) groups is 1. The molecular formula is C12H12N2O2S. The number of aliphatic imine (C=N–C) groups is 1. The van der Waals surface area contributed by atoms with Gasteiger partial charge in [0.25, 0.3) is 0 Å². The highest BCUT2D eigenvalue weighted by atomic mass is 32.2. The first-order valence-corrected chi connectivity index (χ1v) is 6.11. The van der Waals surface area contributed by atoms with Crippen molar-refractivity contribution in [2.24, 2.45) is 4.99 Å². The minimum absolute atomic E-state index is 0.511. The summed E-state index contributed by atoms with van der Waals surface area (Å²) in [5.74, 6) is -0.357. The van der Waals surface area contributed by atoms with E-state index in [2.05, 4.69) is 4.99 Å². The third kappa shape index (κ3) is 3.10. The molecule has 4 nitrogen and oxygen atoms in total. The van der Waals surface area contributed by atoms with E-state index >= 15 is 0 Å². The molecule has 1 atom stereocenters. The fourth-order valence-corrected chi connectivity index (χ4v) is 2.30. The molecule has 1 aromatic carbocycles. The second-order valence-electron chi connectivity index (χ2n) is 3.63. The van der Waals surface area contributed by atoms with Gasteiger partial charge in [-0.1, -0.05) is 18.2 Å². The molecule has 5 heteroatoms. The highest BCUT2D eigenvalue weighted by molar-refractivity contribution is 8.14. The Bertz CT molecular complexity index is 480. The monoisotopic (exact) mass is 248 g/mol. The van der Waals surface area contributed by atoms with Gasteiger partial charge in [-0.2, -0.15) is 0 Å². The molecule has 0 radical (unpaired) electrons. The molecule has 1 aliphatic rings. The fourth-order valence-electron chi connectivity index (χ4n) is 1.38. The van der Waals surface area contributed by atoms with E-state index in [4.69, 9.17) is 10.8 Å². The lowest BCUT2D eigenvalue weighted by Gasteiger charge is -1.94. The first-order chi connectivity index (χ1) is 8.15. The van der Waals surface area contributed by atoms with Crippen molar-refractivity contribution in [2.75, 3.05) is 11.5 Å². The number of anilines is 1. The Morgan fingerprint density at radius 1 is 1.41 bits per heavy atom. The van der Waals surface area contributed by atoms with E-state index in [0.717, 1.165) is 16.3 Å². The molecule has 17 heavy (non-hydrogen) atoms. The predicted molar refractivity (Wildman–Crippen MR) is 71.2 cm³/mol. The summed E-state index contributed by atoms with van der Waals surface area (Å²) in [5.41, 5.74) is 7.32. The maximum absolute atomic E-state index is 10.7. The second kappa shape index (κ2) is 5.05. The Labute approximate surface area is 103 Å². The maximum Gasteiger partial charge on any atom is 0.329 e. The molecule has 1 heterocycles. The third-order valence-electron chi connectivity index (χ3n) is 2.31. The molecule has 0 aliphatic carbocycles. The summed E-state index contributed by atoms with van der Waals surface area (Å²) in [7, 11) is 0. The molecule has 0 aromatic heterocycles. The van der Waals surface area contributed by atoms with Crippen molar-refractivity contribution in [3.63, 3.8) is 0 Å². The van der Waals surface area contributed by atoms with E-state index in [1.165, 1.54) is 11.8 Å². The van der Waals surface area contributed by atoms with E-state index in [9.17, 15) is 4.79 Å². The zero-order chi connectivity index (χ0) is 12.3. The molecule has 0 fully saturated rings. The van der Waals surface area contributed by atoms with Gasteiger partial charge in [0.05, 0.1) is 5.04 Å². The zero-order valence-corrected chi connectivity index (χ0v) is 9.85. The second-order valence-corrected chi connectivity index (χ2v) is 4.67. The van der Waals surface area contributed by atoms with Crippen LogP contribution in [-0.4, -0.2) is 27.9 Å². The SMILES string of the molecule is Nc1ccc(/C=C/C2=N[C@@H](C(=O)O)CS2)cc1. The first-order valence-electron chi connectivity index (χ1n) is 5.12. The molecule has 0 bridgehead atoms. The first kappa shape index (κ1) is 11.7. The van der Waals surface area contributed by atoms with Crippen molar-refractivity contribution in [3.05, 3.63) is 35.9 Å². The summed E-state index contributed by atoms with van der Waals surface area (Å²) in [5, 5.41) is 9.55. The molecule has 0 amide bonds. The smallest absolute Gasteiger partial charge is 0.329 e. The molecule has 3 N–H and O–H groups in total. The summed E-state index contributed by atoms with van der Waals surface area (Å²) in [6.45, 7) is 0. The minimum Gasteiger partial charge on any atom is -0.480 e. The van der Waals surface area contributed by atoms with Gasteiger partial charge in [0.1, 0.15) is 0 Å². The zero-order valence-electron chi connectivity index (χ0n) is 9.04. The van der Waals surface area contributed by atoms with Crippen molar-refractivity contribution in [1.82, 2.24) is 0 Å². The fraction of sp³-hybridized carbons (Fsp3) is 0.167. The van der Waals surface area contributed by atoms with Crippen LogP contribution in [0.25, 0.3) is 6.08 Å². The molecule has 0 saturated carbocycles. The number of thioether (sulfide) groups is 1. The Kier molecular flexibility index (Phi) is 3.49. The Morgan fingerprint density at radius 3 is 2.71 bits per heavy atom. The van der Waals surface area contributed by atoms with Gasteiger partial charge in [-0.05, 0) is 23.8 Å². The van der Waals surface area contributed by atoms with Crippen molar-refractivity contribution in [3.8, 4) is 0 Å². The lowest BCUT2D eigenvalue weighted by Crippen LogP contribution is -2.16. The van der Waals surface area contributed by atoms with E-state index in [1.807, 2.05) is 36.4 Å². The molecule has 0 spiro atoms. The Balaban J connectivity index is 2.04. The van der Waals surface area contributed by atoms with Gasteiger partial charge >= 0.3 is 5.97 Å². The van der Waals surface area contributed by atoms with Crippen LogP contribution in [0.15, 0.2) is 35.3 Å². The standard InChI is InChI=1S/C12H12N2O2S/c13-9-4-1-8(2-5-9)3-6-11-14-10(7-17-11)12(15)16/h1-6,10H,7,13H2,(H,15,16)/b6-3+/t10-/m1/s1. The van der Waals surface area contributed by atoms with Gasteiger partial charge in [-0.15, -0.1) is 11.8 Å². The van der Waals surface area contributed by atoms with Crippen LogP contribution in [0.1, 0.15) is 5.56 Å². The lowest BCUT2D eigenvalue weighted by molar-refractivity contribution is -0.137. The Morgan fingerprint density at radius 2 is 2.12 bits per heavy atom. The number of carboxylic acid groups (broad SMARTS) is 1. The van der Waals surface area contributed by atoms with Crippen LogP contribution in [0.5, 0.6) is 0 Å². The summed E-state index contributed by atoms with van der Waals surface area (Å²) < 4.78 is 0. The number of rotatable bonds is 3. The number of carboxylic acids is 1. The highest BCUT2D eigenvalue weighted by Crippen LogP contribution is 2.20. The average molecular weight is 248 g/mol. The molecule has 1 aliphatic heterocycles. The van der Waals surface area contributed by atoms with Gasteiger partial charge in [-0.3, -0.25) is 4.99 Å². The van der Waals surface area contributed by atoms with Gasteiger partial charge in [0, 0.05) is 11.4 Å². The van der Waals surface area contributed by atoms with Crippen molar-refractivity contribution in [2.45, 2.75) is 6.04 Å². The number of nitrogens with zero attached hydrogens (tertiary/aromatic N) is 1. The van der Waals surface area contributed by atoms with Gasteiger partial charge in [0.2, 0.25) is 0 Å². The minimum atomic E-state index is -0.867.